The SMILES string of the molecule is O=C(Nc1cccc(N2CCNC2=O)c1)N(CC1CCCO1)CC1CCCO1. The monoisotopic (exact) mass is 388 g/mol. The number of hydrogen-bond acceptors (Lipinski definition) is 4. The van der Waals surface area contributed by atoms with E-state index in [-0.39, 0.29) is 24.3 Å². The molecule has 0 aromatic heterocycles. The normalized spacial score (nSPS) is 24.4. The molecular formula is C20H28N4O4. The third kappa shape index (κ3) is 4.56. The lowest BCUT2D eigenvalue weighted by Crippen LogP contribution is -2.44. The van der Waals surface area contributed by atoms with Crippen molar-refractivity contribution in [1.29, 1.82) is 0 Å². The van der Waals surface area contributed by atoms with Crippen molar-refractivity contribution in [3.05, 3.63) is 24.3 Å². The number of ether oxygens (including phenoxy) is 2. The summed E-state index contributed by atoms with van der Waals surface area (Å²) in [7, 11) is 0. The van der Waals surface area contributed by atoms with Crippen LogP contribution in [0.2, 0.25) is 0 Å². The maximum Gasteiger partial charge on any atom is 0.322 e. The van der Waals surface area contributed by atoms with Crippen molar-refractivity contribution in [3.8, 4) is 0 Å². The number of urea groups is 2. The standard InChI is InChI=1S/C20H28N4O4/c25-19-21-8-9-24(19)16-5-1-4-15(12-16)22-20(26)23(13-17-6-2-10-27-17)14-18-7-3-11-28-18/h1,4-5,12,17-18H,2-3,6-11,13-14H2,(H,21,25)(H,22,26). The first-order chi connectivity index (χ1) is 13.7. The van der Waals surface area contributed by atoms with Gasteiger partial charge < -0.3 is 25.0 Å². The van der Waals surface area contributed by atoms with Gasteiger partial charge in [-0.25, -0.2) is 9.59 Å². The lowest BCUT2D eigenvalue weighted by atomic mass is 10.2. The Morgan fingerprint density at radius 3 is 2.46 bits per heavy atom. The van der Waals surface area contributed by atoms with E-state index in [0.717, 1.165) is 44.6 Å². The van der Waals surface area contributed by atoms with Gasteiger partial charge in [-0.3, -0.25) is 4.90 Å². The number of hydrogen-bond donors (Lipinski definition) is 2. The maximum absolute atomic E-state index is 13.0. The van der Waals surface area contributed by atoms with Gasteiger partial charge in [-0.2, -0.15) is 0 Å². The van der Waals surface area contributed by atoms with Crippen LogP contribution in [-0.4, -0.2) is 68.6 Å². The molecule has 1 aromatic rings. The summed E-state index contributed by atoms with van der Waals surface area (Å²) in [4.78, 5) is 28.4. The van der Waals surface area contributed by atoms with Gasteiger partial charge in [0.1, 0.15) is 0 Å². The van der Waals surface area contributed by atoms with Crippen molar-refractivity contribution in [2.24, 2.45) is 0 Å². The maximum atomic E-state index is 13.0. The van der Waals surface area contributed by atoms with Crippen molar-refractivity contribution < 1.29 is 19.1 Å². The van der Waals surface area contributed by atoms with E-state index in [2.05, 4.69) is 10.6 Å². The molecule has 3 aliphatic rings. The first-order valence-corrected chi connectivity index (χ1v) is 10.1. The highest BCUT2D eigenvalue weighted by Crippen LogP contribution is 2.22. The van der Waals surface area contributed by atoms with Crippen LogP contribution in [0, 0.1) is 0 Å². The Hall–Kier alpha value is -2.32. The summed E-state index contributed by atoms with van der Waals surface area (Å²) in [5.41, 5.74) is 1.45. The van der Waals surface area contributed by atoms with Crippen LogP contribution in [0.5, 0.6) is 0 Å². The lowest BCUT2D eigenvalue weighted by Gasteiger charge is -2.28. The third-order valence-corrected chi connectivity index (χ3v) is 5.45. The summed E-state index contributed by atoms with van der Waals surface area (Å²) < 4.78 is 11.5. The number of amides is 4. The highest BCUT2D eigenvalue weighted by Gasteiger charge is 2.27. The molecule has 0 spiro atoms. The molecule has 2 N–H and O–H groups in total. The summed E-state index contributed by atoms with van der Waals surface area (Å²) in [6.07, 6.45) is 4.22. The second-order valence-corrected chi connectivity index (χ2v) is 7.54. The second-order valence-electron chi connectivity index (χ2n) is 7.54. The Kier molecular flexibility index (Phi) is 5.97. The first kappa shape index (κ1) is 19.0. The smallest absolute Gasteiger partial charge is 0.322 e. The number of carbonyl (C=O) groups is 2. The van der Waals surface area contributed by atoms with Crippen LogP contribution in [-0.2, 0) is 9.47 Å². The number of anilines is 2. The highest BCUT2D eigenvalue weighted by atomic mass is 16.5. The van der Waals surface area contributed by atoms with Gasteiger partial charge in [0.25, 0.3) is 0 Å². The van der Waals surface area contributed by atoms with E-state index in [9.17, 15) is 9.59 Å². The molecule has 3 aliphatic heterocycles. The molecule has 3 fully saturated rings. The Morgan fingerprint density at radius 1 is 1.18 bits per heavy atom. The van der Waals surface area contributed by atoms with E-state index in [4.69, 9.17) is 9.47 Å². The van der Waals surface area contributed by atoms with Crippen molar-refractivity contribution in [3.63, 3.8) is 0 Å². The van der Waals surface area contributed by atoms with Gasteiger partial charge in [0.15, 0.2) is 0 Å². The zero-order chi connectivity index (χ0) is 19.3. The number of benzene rings is 1. The first-order valence-electron chi connectivity index (χ1n) is 10.1. The molecule has 0 radical (unpaired) electrons. The third-order valence-electron chi connectivity index (χ3n) is 5.45. The molecule has 3 saturated heterocycles. The molecule has 0 bridgehead atoms. The molecule has 2 unspecified atom stereocenters. The molecule has 28 heavy (non-hydrogen) atoms. The van der Waals surface area contributed by atoms with Crippen LogP contribution < -0.4 is 15.5 Å². The minimum Gasteiger partial charge on any atom is -0.376 e. The molecule has 1 aromatic carbocycles. The van der Waals surface area contributed by atoms with E-state index >= 15 is 0 Å². The summed E-state index contributed by atoms with van der Waals surface area (Å²) in [5, 5.41) is 5.78. The van der Waals surface area contributed by atoms with Gasteiger partial charge in [0.05, 0.1) is 12.2 Å². The molecule has 4 amide bonds. The molecule has 2 atom stereocenters. The predicted octanol–water partition coefficient (Wildman–Crippen LogP) is 2.41. The summed E-state index contributed by atoms with van der Waals surface area (Å²) in [6.45, 7) is 3.92. The second kappa shape index (κ2) is 8.79. The molecule has 152 valence electrons. The average molecular weight is 388 g/mol. The minimum atomic E-state index is -0.158. The van der Waals surface area contributed by atoms with E-state index in [0.29, 0.717) is 31.9 Å². The Balaban J connectivity index is 1.43. The number of nitrogens with one attached hydrogen (secondary N) is 2. The molecule has 3 heterocycles. The number of rotatable bonds is 6. The van der Waals surface area contributed by atoms with Crippen LogP contribution >= 0.6 is 0 Å². The average Bonchev–Trinajstić information content (AvgIpc) is 3.44. The lowest BCUT2D eigenvalue weighted by molar-refractivity contribution is 0.0524. The minimum absolute atomic E-state index is 0.0896. The van der Waals surface area contributed by atoms with Crippen LogP contribution in [0.25, 0.3) is 0 Å². The van der Waals surface area contributed by atoms with E-state index < -0.39 is 0 Å². The number of nitrogens with zero attached hydrogens (tertiary/aromatic N) is 2. The quantitative estimate of drug-likeness (QED) is 0.784. The van der Waals surface area contributed by atoms with Gasteiger partial charge in [0, 0.05) is 50.8 Å². The van der Waals surface area contributed by atoms with E-state index in [1.54, 1.807) is 9.80 Å². The van der Waals surface area contributed by atoms with Crippen molar-refractivity contribution >= 4 is 23.4 Å². The van der Waals surface area contributed by atoms with Gasteiger partial charge in [0.2, 0.25) is 0 Å². The van der Waals surface area contributed by atoms with Crippen LogP contribution in [0.3, 0.4) is 0 Å². The van der Waals surface area contributed by atoms with Gasteiger partial charge >= 0.3 is 12.1 Å². The fourth-order valence-corrected chi connectivity index (χ4v) is 3.98. The Bertz CT molecular complexity index is 683. The topological polar surface area (TPSA) is 83.1 Å². The van der Waals surface area contributed by atoms with E-state index in [1.807, 2.05) is 24.3 Å². The molecule has 0 saturated carbocycles. The summed E-state index contributed by atoms with van der Waals surface area (Å²) >= 11 is 0. The molecule has 4 rings (SSSR count). The number of carbonyl (C=O) groups excluding carboxylic acids is 2. The van der Waals surface area contributed by atoms with Gasteiger partial charge in [-0.1, -0.05) is 6.07 Å². The van der Waals surface area contributed by atoms with Crippen LogP contribution in [0.15, 0.2) is 24.3 Å². The van der Waals surface area contributed by atoms with Gasteiger partial charge in [-0.15, -0.1) is 0 Å². The summed E-state index contributed by atoms with van der Waals surface area (Å²) in [6, 6.07) is 7.12. The van der Waals surface area contributed by atoms with Crippen LogP contribution in [0.1, 0.15) is 25.7 Å². The van der Waals surface area contributed by atoms with E-state index in [1.165, 1.54) is 0 Å². The molecule has 8 nitrogen and oxygen atoms in total. The fourth-order valence-electron chi connectivity index (χ4n) is 3.98. The zero-order valence-corrected chi connectivity index (χ0v) is 16.1. The molecule has 0 aliphatic carbocycles. The largest absolute Gasteiger partial charge is 0.376 e. The molecule has 8 heteroatoms. The highest BCUT2D eigenvalue weighted by molar-refractivity contribution is 5.95. The Labute approximate surface area is 165 Å². The van der Waals surface area contributed by atoms with Crippen molar-refractivity contribution in [2.75, 3.05) is 49.6 Å². The van der Waals surface area contributed by atoms with Crippen molar-refractivity contribution in [2.45, 2.75) is 37.9 Å². The fraction of sp³-hybridized carbons (Fsp3) is 0.600. The molecular weight excluding hydrogens is 360 g/mol. The Morgan fingerprint density at radius 2 is 1.89 bits per heavy atom. The van der Waals surface area contributed by atoms with Crippen LogP contribution in [0.4, 0.5) is 21.0 Å². The van der Waals surface area contributed by atoms with Gasteiger partial charge in [-0.05, 0) is 43.9 Å². The summed E-state index contributed by atoms with van der Waals surface area (Å²) in [5.74, 6) is 0. The van der Waals surface area contributed by atoms with Crippen molar-refractivity contribution in [1.82, 2.24) is 10.2 Å². The predicted molar refractivity (Wildman–Crippen MR) is 106 cm³/mol. The zero-order valence-electron chi connectivity index (χ0n) is 16.1.